The number of pyridine rings is 1. The zero-order chi connectivity index (χ0) is 17.5. The van der Waals surface area contributed by atoms with E-state index in [-0.39, 0.29) is 0 Å². The van der Waals surface area contributed by atoms with Gasteiger partial charge in [-0.3, -0.25) is 4.98 Å². The molecule has 3 heterocycles. The highest BCUT2D eigenvalue weighted by Gasteiger charge is 2.14. The minimum absolute atomic E-state index is 0.727. The van der Waals surface area contributed by atoms with E-state index in [4.69, 9.17) is 9.97 Å². The van der Waals surface area contributed by atoms with E-state index in [9.17, 15) is 0 Å². The summed E-state index contributed by atoms with van der Waals surface area (Å²) in [6, 6.07) is 12.0. The lowest BCUT2D eigenvalue weighted by Crippen LogP contribution is -2.35. The van der Waals surface area contributed by atoms with Gasteiger partial charge < -0.3 is 5.43 Å². The van der Waals surface area contributed by atoms with E-state index in [1.807, 2.05) is 44.2 Å². The quantitative estimate of drug-likeness (QED) is 0.762. The first-order valence-corrected chi connectivity index (χ1v) is 9.09. The highest BCUT2D eigenvalue weighted by atomic mass is 15.5. The smallest absolute Gasteiger partial charge is 0.162 e. The molecule has 0 atom stereocenters. The maximum atomic E-state index is 4.77. The first-order chi connectivity index (χ1) is 12.4. The van der Waals surface area contributed by atoms with Crippen molar-refractivity contribution in [1.29, 1.82) is 0 Å². The number of rotatable bonds is 3. The number of piperidine rings is 1. The molecule has 0 spiro atoms. The Morgan fingerprint density at radius 1 is 0.880 bits per heavy atom. The summed E-state index contributed by atoms with van der Waals surface area (Å²) < 4.78 is 0. The zero-order valence-corrected chi connectivity index (χ0v) is 14.9. The highest BCUT2D eigenvalue weighted by molar-refractivity contribution is 5.90. The fraction of sp³-hybridized carbons (Fsp3) is 0.350. The Balaban J connectivity index is 0.000000880. The summed E-state index contributed by atoms with van der Waals surface area (Å²) in [6.45, 7) is 6.12. The van der Waals surface area contributed by atoms with Crippen LogP contribution in [0.1, 0.15) is 33.1 Å². The van der Waals surface area contributed by atoms with Gasteiger partial charge in [0.1, 0.15) is 0 Å². The fourth-order valence-corrected chi connectivity index (χ4v) is 2.95. The van der Waals surface area contributed by atoms with Crippen LogP contribution in [0.5, 0.6) is 0 Å². The second-order valence-electron chi connectivity index (χ2n) is 5.81. The number of hydrogen-bond acceptors (Lipinski definition) is 5. The molecule has 0 aliphatic carbocycles. The van der Waals surface area contributed by atoms with Crippen LogP contribution in [0.25, 0.3) is 22.3 Å². The third kappa shape index (κ3) is 4.12. The Hall–Kier alpha value is -2.53. The van der Waals surface area contributed by atoms with Gasteiger partial charge in [0.2, 0.25) is 0 Å². The van der Waals surface area contributed by atoms with Gasteiger partial charge in [0.25, 0.3) is 0 Å². The lowest BCUT2D eigenvalue weighted by atomic mass is 10.1. The van der Waals surface area contributed by atoms with Gasteiger partial charge in [-0.05, 0) is 37.1 Å². The van der Waals surface area contributed by atoms with Crippen molar-refractivity contribution in [1.82, 2.24) is 20.0 Å². The SMILES string of the molecule is CC.c1ccc2c(NN3CCCCC3)nc(-c3ccncc3)nc2c1. The zero-order valence-electron chi connectivity index (χ0n) is 14.9. The van der Waals surface area contributed by atoms with Crippen molar-refractivity contribution in [2.75, 3.05) is 18.5 Å². The van der Waals surface area contributed by atoms with Gasteiger partial charge in [-0.1, -0.05) is 32.4 Å². The molecule has 0 saturated carbocycles. The van der Waals surface area contributed by atoms with Gasteiger partial charge in [0, 0.05) is 36.4 Å². The van der Waals surface area contributed by atoms with Crippen LogP contribution in [0.15, 0.2) is 48.8 Å². The summed E-state index contributed by atoms with van der Waals surface area (Å²) in [5.74, 6) is 1.61. The van der Waals surface area contributed by atoms with E-state index in [0.717, 1.165) is 41.2 Å². The molecule has 1 saturated heterocycles. The van der Waals surface area contributed by atoms with Crippen molar-refractivity contribution < 1.29 is 0 Å². The molecule has 1 fully saturated rings. The van der Waals surface area contributed by atoms with Crippen LogP contribution in [0.3, 0.4) is 0 Å². The average Bonchev–Trinajstić information content (AvgIpc) is 2.71. The Kier molecular flexibility index (Phi) is 5.90. The van der Waals surface area contributed by atoms with Crippen LogP contribution in [0, 0.1) is 0 Å². The van der Waals surface area contributed by atoms with Gasteiger partial charge >= 0.3 is 0 Å². The van der Waals surface area contributed by atoms with Crippen molar-refractivity contribution in [3.63, 3.8) is 0 Å². The Labute approximate surface area is 149 Å². The fourth-order valence-electron chi connectivity index (χ4n) is 2.95. The molecule has 1 N–H and O–H groups in total. The number of benzene rings is 1. The molecule has 1 aliphatic heterocycles. The van der Waals surface area contributed by atoms with Crippen LogP contribution in [0.2, 0.25) is 0 Å². The number of fused-ring (bicyclic) bond motifs is 1. The normalized spacial score (nSPS) is 14.6. The van der Waals surface area contributed by atoms with Gasteiger partial charge in [-0.25, -0.2) is 15.0 Å². The second-order valence-corrected chi connectivity index (χ2v) is 5.81. The largest absolute Gasteiger partial charge is 0.302 e. The van der Waals surface area contributed by atoms with Gasteiger partial charge in [0.05, 0.1) is 5.52 Å². The molecule has 0 unspecified atom stereocenters. The molecule has 25 heavy (non-hydrogen) atoms. The molecular weight excluding hydrogens is 310 g/mol. The predicted molar refractivity (Wildman–Crippen MR) is 103 cm³/mol. The molecule has 2 aromatic heterocycles. The minimum atomic E-state index is 0.727. The maximum absolute atomic E-state index is 4.77. The maximum Gasteiger partial charge on any atom is 0.162 e. The molecule has 0 radical (unpaired) electrons. The molecule has 5 nitrogen and oxygen atoms in total. The number of para-hydroxylation sites is 1. The molecule has 1 aromatic carbocycles. The van der Waals surface area contributed by atoms with Crippen molar-refractivity contribution in [2.45, 2.75) is 33.1 Å². The lowest BCUT2D eigenvalue weighted by molar-refractivity contribution is 0.272. The van der Waals surface area contributed by atoms with Crippen molar-refractivity contribution in [3.8, 4) is 11.4 Å². The van der Waals surface area contributed by atoms with Crippen molar-refractivity contribution in [3.05, 3.63) is 48.8 Å². The molecule has 0 amide bonds. The molecule has 4 rings (SSSR count). The Bertz CT molecular complexity index is 798. The van der Waals surface area contributed by atoms with Gasteiger partial charge in [0.15, 0.2) is 11.6 Å². The van der Waals surface area contributed by atoms with Crippen LogP contribution < -0.4 is 5.43 Å². The Morgan fingerprint density at radius 3 is 2.36 bits per heavy atom. The highest BCUT2D eigenvalue weighted by Crippen LogP contribution is 2.25. The van der Waals surface area contributed by atoms with E-state index in [1.165, 1.54) is 19.3 Å². The van der Waals surface area contributed by atoms with E-state index in [1.54, 1.807) is 12.4 Å². The molecule has 0 bridgehead atoms. The second kappa shape index (κ2) is 8.53. The van der Waals surface area contributed by atoms with E-state index >= 15 is 0 Å². The summed E-state index contributed by atoms with van der Waals surface area (Å²) in [6.07, 6.45) is 7.31. The lowest BCUT2D eigenvalue weighted by Gasteiger charge is -2.27. The third-order valence-electron chi connectivity index (χ3n) is 4.16. The number of nitrogens with one attached hydrogen (secondary N) is 1. The average molecular weight is 335 g/mol. The van der Waals surface area contributed by atoms with E-state index < -0.39 is 0 Å². The number of hydrogen-bond donors (Lipinski definition) is 1. The van der Waals surface area contributed by atoms with Crippen LogP contribution in [0.4, 0.5) is 5.82 Å². The summed E-state index contributed by atoms with van der Waals surface area (Å²) in [4.78, 5) is 13.5. The molecule has 5 heteroatoms. The third-order valence-corrected chi connectivity index (χ3v) is 4.16. The number of aromatic nitrogens is 3. The first kappa shape index (κ1) is 17.3. The molecule has 3 aromatic rings. The molecule has 1 aliphatic rings. The van der Waals surface area contributed by atoms with Crippen molar-refractivity contribution in [2.24, 2.45) is 0 Å². The first-order valence-electron chi connectivity index (χ1n) is 9.09. The van der Waals surface area contributed by atoms with E-state index in [0.29, 0.717) is 0 Å². The monoisotopic (exact) mass is 335 g/mol. The Morgan fingerprint density at radius 2 is 1.60 bits per heavy atom. The summed E-state index contributed by atoms with van der Waals surface area (Å²) in [7, 11) is 0. The standard InChI is InChI=1S/C18H19N5.C2H6/c1-4-12-23(13-5-1)22-18-15-6-2-3-7-16(15)20-17(21-18)14-8-10-19-11-9-14;1-2/h2-3,6-11H,1,4-5,12-13H2,(H,20,21,22);1-2H3. The van der Waals surface area contributed by atoms with Gasteiger partial charge in [-0.15, -0.1) is 0 Å². The van der Waals surface area contributed by atoms with E-state index in [2.05, 4.69) is 21.5 Å². The van der Waals surface area contributed by atoms with Crippen LogP contribution in [-0.2, 0) is 0 Å². The number of nitrogens with zero attached hydrogens (tertiary/aromatic N) is 4. The molecular formula is C20H25N5. The van der Waals surface area contributed by atoms with Crippen LogP contribution in [-0.4, -0.2) is 33.1 Å². The van der Waals surface area contributed by atoms with Crippen LogP contribution >= 0.6 is 0 Å². The summed E-state index contributed by atoms with van der Waals surface area (Å²) >= 11 is 0. The minimum Gasteiger partial charge on any atom is -0.302 e. The topological polar surface area (TPSA) is 53.9 Å². The molecule has 130 valence electrons. The number of anilines is 1. The summed E-state index contributed by atoms with van der Waals surface area (Å²) in [5.41, 5.74) is 5.43. The summed E-state index contributed by atoms with van der Waals surface area (Å²) in [5, 5.41) is 3.31. The predicted octanol–water partition coefficient (Wildman–Crippen LogP) is 4.53. The van der Waals surface area contributed by atoms with Crippen molar-refractivity contribution >= 4 is 16.7 Å². The van der Waals surface area contributed by atoms with Gasteiger partial charge in [-0.2, -0.15) is 0 Å². The number of hydrazine groups is 1.